The summed E-state index contributed by atoms with van der Waals surface area (Å²) in [6.45, 7) is 2.39. The van der Waals surface area contributed by atoms with E-state index in [2.05, 4.69) is 22.8 Å². The fourth-order valence-corrected chi connectivity index (χ4v) is 2.37. The molecule has 0 aliphatic heterocycles. The molecule has 0 aliphatic carbocycles. The number of allylic oxidation sites excluding steroid dienone is 1. The number of hydrogen-bond donors (Lipinski definition) is 3. The van der Waals surface area contributed by atoms with E-state index in [0.29, 0.717) is 12.2 Å². The summed E-state index contributed by atoms with van der Waals surface area (Å²) >= 11 is 0. The third-order valence-corrected chi connectivity index (χ3v) is 3.72. The van der Waals surface area contributed by atoms with E-state index < -0.39 is 6.03 Å². The lowest BCUT2D eigenvalue weighted by molar-refractivity contribution is -0.116. The van der Waals surface area contributed by atoms with Gasteiger partial charge in [0.15, 0.2) is 0 Å². The van der Waals surface area contributed by atoms with E-state index in [9.17, 15) is 9.59 Å². The van der Waals surface area contributed by atoms with E-state index in [1.807, 2.05) is 37.3 Å². The van der Waals surface area contributed by atoms with Crippen LogP contribution in [0.4, 0.5) is 10.5 Å². The van der Waals surface area contributed by atoms with Crippen molar-refractivity contribution >= 4 is 17.6 Å². The third kappa shape index (κ3) is 6.91. The molecule has 3 amide bonds. The summed E-state index contributed by atoms with van der Waals surface area (Å²) in [7, 11) is 0. The Morgan fingerprint density at radius 3 is 2.32 bits per heavy atom. The van der Waals surface area contributed by atoms with Gasteiger partial charge in [0.1, 0.15) is 0 Å². The highest BCUT2D eigenvalue weighted by molar-refractivity contribution is 5.88. The van der Waals surface area contributed by atoms with Gasteiger partial charge in [-0.2, -0.15) is 0 Å². The fraction of sp³-hybridized carbons (Fsp3) is 0.200. The summed E-state index contributed by atoms with van der Waals surface area (Å²) in [5, 5.41) is 5.35. The van der Waals surface area contributed by atoms with E-state index in [4.69, 9.17) is 5.73 Å². The maximum Gasteiger partial charge on any atom is 0.316 e. The van der Waals surface area contributed by atoms with Gasteiger partial charge in [-0.3, -0.25) is 4.79 Å². The quantitative estimate of drug-likeness (QED) is 0.677. The number of urea groups is 1. The van der Waals surface area contributed by atoms with Crippen molar-refractivity contribution in [3.05, 3.63) is 77.4 Å². The number of carbonyl (C=O) groups excluding carboxylic acids is 2. The van der Waals surface area contributed by atoms with Crippen molar-refractivity contribution < 1.29 is 9.59 Å². The van der Waals surface area contributed by atoms with Gasteiger partial charge in [0.05, 0.1) is 0 Å². The Hall–Kier alpha value is -3.08. The van der Waals surface area contributed by atoms with Crippen LogP contribution in [0.15, 0.2) is 66.2 Å². The van der Waals surface area contributed by atoms with Crippen LogP contribution in [0.3, 0.4) is 0 Å². The molecule has 2 aromatic rings. The zero-order chi connectivity index (χ0) is 18.1. The smallest absolute Gasteiger partial charge is 0.316 e. The van der Waals surface area contributed by atoms with Crippen molar-refractivity contribution in [3.8, 4) is 0 Å². The molecule has 25 heavy (non-hydrogen) atoms. The number of benzene rings is 2. The zero-order valence-corrected chi connectivity index (χ0v) is 14.3. The van der Waals surface area contributed by atoms with Gasteiger partial charge in [0, 0.05) is 18.3 Å². The zero-order valence-electron chi connectivity index (χ0n) is 14.3. The molecule has 0 spiro atoms. The summed E-state index contributed by atoms with van der Waals surface area (Å²) in [6.07, 6.45) is 3.42. The van der Waals surface area contributed by atoms with Crippen molar-refractivity contribution in [3.63, 3.8) is 0 Å². The highest BCUT2D eigenvalue weighted by Gasteiger charge is 2.01. The van der Waals surface area contributed by atoms with Gasteiger partial charge in [0.25, 0.3) is 0 Å². The SMILES string of the molecule is C/C(=C\C(=O)NCc1ccc(NC(N)=O)cc1)CCc1ccccc1. The number of anilines is 1. The number of nitrogens with two attached hydrogens (primary N) is 1. The van der Waals surface area contributed by atoms with Gasteiger partial charge >= 0.3 is 6.03 Å². The summed E-state index contributed by atoms with van der Waals surface area (Å²) in [5.74, 6) is -0.107. The highest BCUT2D eigenvalue weighted by Crippen LogP contribution is 2.10. The lowest BCUT2D eigenvalue weighted by Gasteiger charge is -2.06. The maximum atomic E-state index is 12.0. The first-order valence-electron chi connectivity index (χ1n) is 8.17. The van der Waals surface area contributed by atoms with Gasteiger partial charge in [-0.15, -0.1) is 0 Å². The molecule has 0 saturated carbocycles. The van der Waals surface area contributed by atoms with Gasteiger partial charge < -0.3 is 16.4 Å². The molecule has 5 nitrogen and oxygen atoms in total. The molecule has 0 unspecified atom stereocenters. The molecular formula is C20H23N3O2. The second kappa shape index (κ2) is 9.27. The molecule has 0 radical (unpaired) electrons. The van der Waals surface area contributed by atoms with Crippen LogP contribution in [0.5, 0.6) is 0 Å². The molecule has 2 aromatic carbocycles. The summed E-state index contributed by atoms with van der Waals surface area (Å²) < 4.78 is 0. The Labute approximate surface area is 147 Å². The lowest BCUT2D eigenvalue weighted by atomic mass is 10.1. The number of nitrogens with one attached hydrogen (secondary N) is 2. The monoisotopic (exact) mass is 337 g/mol. The molecule has 0 heterocycles. The minimum atomic E-state index is -0.600. The average Bonchev–Trinajstić information content (AvgIpc) is 2.60. The standard InChI is InChI=1S/C20H23N3O2/c1-15(7-8-16-5-3-2-4-6-16)13-19(24)22-14-17-9-11-18(12-10-17)23-20(21)25/h2-6,9-13H,7-8,14H2,1H3,(H,22,24)(H3,21,23,25)/b15-13+. The Balaban J connectivity index is 1.78. The first-order chi connectivity index (χ1) is 12.0. The predicted octanol–water partition coefficient (Wildman–Crippen LogP) is 3.37. The number of carbonyl (C=O) groups is 2. The summed E-state index contributed by atoms with van der Waals surface area (Å²) in [4.78, 5) is 22.8. The molecular weight excluding hydrogens is 314 g/mol. The van der Waals surface area contributed by atoms with Crippen molar-refractivity contribution in [2.45, 2.75) is 26.3 Å². The van der Waals surface area contributed by atoms with Crippen LogP contribution < -0.4 is 16.4 Å². The van der Waals surface area contributed by atoms with Gasteiger partial charge in [-0.25, -0.2) is 4.79 Å². The van der Waals surface area contributed by atoms with Gasteiger partial charge in [-0.05, 0) is 43.0 Å². The van der Waals surface area contributed by atoms with Crippen LogP contribution in [-0.2, 0) is 17.8 Å². The topological polar surface area (TPSA) is 84.2 Å². The Kier molecular flexibility index (Phi) is 6.77. The minimum absolute atomic E-state index is 0.107. The fourth-order valence-electron chi connectivity index (χ4n) is 2.37. The van der Waals surface area contributed by atoms with Crippen LogP contribution in [0, 0.1) is 0 Å². The number of primary amides is 1. The first-order valence-corrected chi connectivity index (χ1v) is 8.17. The van der Waals surface area contributed by atoms with Gasteiger partial charge in [0.2, 0.25) is 5.91 Å². The average molecular weight is 337 g/mol. The molecule has 0 aromatic heterocycles. The molecule has 2 rings (SSSR count). The van der Waals surface area contributed by atoms with E-state index in [0.717, 1.165) is 24.0 Å². The van der Waals surface area contributed by atoms with Crippen LogP contribution in [-0.4, -0.2) is 11.9 Å². The number of rotatable bonds is 7. The number of amides is 3. The van der Waals surface area contributed by atoms with Crippen LogP contribution in [0.2, 0.25) is 0 Å². The summed E-state index contributed by atoms with van der Waals surface area (Å²) in [6, 6.07) is 16.8. The molecule has 4 N–H and O–H groups in total. The Morgan fingerprint density at radius 1 is 1.00 bits per heavy atom. The van der Waals surface area contributed by atoms with E-state index >= 15 is 0 Å². The van der Waals surface area contributed by atoms with Crippen LogP contribution in [0.25, 0.3) is 0 Å². The third-order valence-electron chi connectivity index (χ3n) is 3.72. The number of hydrogen-bond acceptors (Lipinski definition) is 2. The molecule has 0 atom stereocenters. The number of aryl methyl sites for hydroxylation is 1. The van der Waals surface area contributed by atoms with Crippen molar-refractivity contribution in [2.75, 3.05) is 5.32 Å². The Bertz CT molecular complexity index is 737. The van der Waals surface area contributed by atoms with Crippen molar-refractivity contribution in [1.29, 1.82) is 0 Å². The lowest BCUT2D eigenvalue weighted by Crippen LogP contribution is -2.21. The first kappa shape index (κ1) is 18.3. The van der Waals surface area contributed by atoms with Crippen molar-refractivity contribution in [1.82, 2.24) is 5.32 Å². The van der Waals surface area contributed by atoms with Gasteiger partial charge in [-0.1, -0.05) is 48.0 Å². The van der Waals surface area contributed by atoms with E-state index in [1.165, 1.54) is 5.56 Å². The molecule has 5 heteroatoms. The Morgan fingerprint density at radius 2 is 1.68 bits per heavy atom. The molecule has 130 valence electrons. The molecule has 0 saturated heterocycles. The largest absolute Gasteiger partial charge is 0.351 e. The van der Waals surface area contributed by atoms with Crippen molar-refractivity contribution in [2.24, 2.45) is 5.73 Å². The second-order valence-corrected chi connectivity index (χ2v) is 5.88. The maximum absolute atomic E-state index is 12.0. The molecule has 0 fully saturated rings. The second-order valence-electron chi connectivity index (χ2n) is 5.88. The van der Waals surface area contributed by atoms with Crippen LogP contribution in [0.1, 0.15) is 24.5 Å². The normalized spacial score (nSPS) is 11.0. The molecule has 0 aliphatic rings. The molecule has 0 bridgehead atoms. The van der Waals surface area contributed by atoms with Crippen LogP contribution >= 0.6 is 0 Å². The summed E-state index contributed by atoms with van der Waals surface area (Å²) in [5.41, 5.74) is 8.93. The predicted molar refractivity (Wildman–Crippen MR) is 100 cm³/mol. The highest BCUT2D eigenvalue weighted by atomic mass is 16.2. The van der Waals surface area contributed by atoms with E-state index in [1.54, 1.807) is 18.2 Å². The van der Waals surface area contributed by atoms with E-state index in [-0.39, 0.29) is 5.91 Å². The minimum Gasteiger partial charge on any atom is -0.351 e.